The number of likely N-dealkylation sites (tertiary alicyclic amines) is 1. The van der Waals surface area contributed by atoms with Crippen LogP contribution >= 0.6 is 11.3 Å². The van der Waals surface area contributed by atoms with Gasteiger partial charge < -0.3 is 0 Å². The van der Waals surface area contributed by atoms with Gasteiger partial charge in [-0.25, -0.2) is 4.98 Å². The molecule has 3 rings (SSSR count). The van der Waals surface area contributed by atoms with Gasteiger partial charge in [0.25, 0.3) is 5.91 Å². The lowest BCUT2D eigenvalue weighted by Gasteiger charge is -2.34. The molecular weight excluding hydrogens is 330 g/mol. The molecule has 1 aliphatic rings. The van der Waals surface area contributed by atoms with E-state index in [0.29, 0.717) is 10.7 Å². The summed E-state index contributed by atoms with van der Waals surface area (Å²) in [7, 11) is 0. The number of nitrogens with one attached hydrogen (secondary N) is 1. The molecule has 134 valence electrons. The molecule has 1 saturated heterocycles. The number of hydrogen-bond donors (Lipinski definition) is 1. The SMILES string of the molecule is Cc1cc(C)cc(C(=O)Nc2nc(CN3C[C@@H](C)C[C@H](C)C3)cs2)c1. The number of thiazole rings is 1. The molecule has 2 heterocycles. The van der Waals surface area contributed by atoms with E-state index in [0.717, 1.165) is 48.3 Å². The maximum atomic E-state index is 12.4. The molecule has 1 aromatic carbocycles. The van der Waals surface area contributed by atoms with E-state index in [4.69, 9.17) is 0 Å². The van der Waals surface area contributed by atoms with Crippen LogP contribution in [0.25, 0.3) is 0 Å². The quantitative estimate of drug-likeness (QED) is 0.877. The highest BCUT2D eigenvalue weighted by Crippen LogP contribution is 2.24. The van der Waals surface area contributed by atoms with Gasteiger partial charge in [-0.1, -0.05) is 31.0 Å². The first kappa shape index (κ1) is 18.1. The zero-order valence-corrected chi connectivity index (χ0v) is 16.3. The molecule has 0 bridgehead atoms. The number of aryl methyl sites for hydroxylation is 2. The molecular formula is C20H27N3OS. The number of hydrogen-bond acceptors (Lipinski definition) is 4. The second kappa shape index (κ2) is 7.67. The Labute approximate surface area is 154 Å². The third-order valence-electron chi connectivity index (χ3n) is 4.59. The highest BCUT2D eigenvalue weighted by Gasteiger charge is 2.22. The van der Waals surface area contributed by atoms with Crippen LogP contribution in [-0.4, -0.2) is 28.9 Å². The van der Waals surface area contributed by atoms with Crippen LogP contribution in [-0.2, 0) is 6.54 Å². The van der Waals surface area contributed by atoms with Gasteiger partial charge in [0, 0.05) is 30.6 Å². The van der Waals surface area contributed by atoms with E-state index >= 15 is 0 Å². The highest BCUT2D eigenvalue weighted by molar-refractivity contribution is 7.13. The summed E-state index contributed by atoms with van der Waals surface area (Å²) in [5.74, 6) is 1.39. The minimum absolute atomic E-state index is 0.0899. The van der Waals surface area contributed by atoms with Gasteiger partial charge >= 0.3 is 0 Å². The first-order valence-electron chi connectivity index (χ1n) is 8.95. The number of carbonyl (C=O) groups excluding carboxylic acids is 1. The van der Waals surface area contributed by atoms with Gasteiger partial charge in [0.15, 0.2) is 5.13 Å². The monoisotopic (exact) mass is 357 g/mol. The number of piperidine rings is 1. The Kier molecular flexibility index (Phi) is 5.54. The van der Waals surface area contributed by atoms with Crippen LogP contribution in [0.2, 0.25) is 0 Å². The van der Waals surface area contributed by atoms with Crippen molar-refractivity contribution in [1.29, 1.82) is 0 Å². The number of carbonyl (C=O) groups is 1. The Bertz CT molecular complexity index is 725. The molecule has 2 atom stereocenters. The summed E-state index contributed by atoms with van der Waals surface area (Å²) < 4.78 is 0. The van der Waals surface area contributed by atoms with Crippen molar-refractivity contribution in [2.75, 3.05) is 18.4 Å². The molecule has 1 aromatic heterocycles. The largest absolute Gasteiger partial charge is 0.298 e. The third-order valence-corrected chi connectivity index (χ3v) is 5.39. The van der Waals surface area contributed by atoms with Gasteiger partial charge in [-0.3, -0.25) is 15.0 Å². The van der Waals surface area contributed by atoms with E-state index in [1.54, 1.807) is 0 Å². The molecule has 4 nitrogen and oxygen atoms in total. The fourth-order valence-electron chi connectivity index (χ4n) is 3.86. The van der Waals surface area contributed by atoms with Gasteiger partial charge in [-0.15, -0.1) is 11.3 Å². The summed E-state index contributed by atoms with van der Waals surface area (Å²) in [5.41, 5.74) is 3.92. The summed E-state index contributed by atoms with van der Waals surface area (Å²) >= 11 is 1.50. The van der Waals surface area contributed by atoms with Gasteiger partial charge in [0.2, 0.25) is 0 Å². The van der Waals surface area contributed by atoms with Crippen LogP contribution in [0.3, 0.4) is 0 Å². The second-order valence-electron chi connectivity index (χ2n) is 7.61. The summed E-state index contributed by atoms with van der Waals surface area (Å²) in [6.07, 6.45) is 1.31. The lowest BCUT2D eigenvalue weighted by Crippen LogP contribution is -2.38. The first-order chi connectivity index (χ1) is 11.9. The van der Waals surface area contributed by atoms with Crippen LogP contribution in [0.15, 0.2) is 23.6 Å². The van der Waals surface area contributed by atoms with Crippen LogP contribution in [0.5, 0.6) is 0 Å². The average molecular weight is 358 g/mol. The lowest BCUT2D eigenvalue weighted by atomic mass is 9.92. The summed E-state index contributed by atoms with van der Waals surface area (Å²) in [5, 5.41) is 5.67. The minimum atomic E-state index is -0.0899. The van der Waals surface area contributed by atoms with Crippen molar-refractivity contribution in [3.8, 4) is 0 Å². The summed E-state index contributed by atoms with van der Waals surface area (Å²) in [6, 6.07) is 5.89. The molecule has 0 unspecified atom stereocenters. The highest BCUT2D eigenvalue weighted by atomic mass is 32.1. The molecule has 0 radical (unpaired) electrons. The molecule has 2 aromatic rings. The number of anilines is 1. The van der Waals surface area contributed by atoms with Crippen molar-refractivity contribution in [3.63, 3.8) is 0 Å². The molecule has 0 saturated carbocycles. The fourth-order valence-corrected chi connectivity index (χ4v) is 4.56. The molecule has 1 fully saturated rings. The Morgan fingerprint density at radius 1 is 1.20 bits per heavy atom. The summed E-state index contributed by atoms with van der Waals surface area (Å²) in [4.78, 5) is 19.5. The Hall–Kier alpha value is -1.72. The van der Waals surface area contributed by atoms with Crippen LogP contribution in [0, 0.1) is 25.7 Å². The maximum absolute atomic E-state index is 12.4. The van der Waals surface area contributed by atoms with E-state index in [1.807, 2.05) is 26.0 Å². The number of amides is 1. The van der Waals surface area contributed by atoms with E-state index in [1.165, 1.54) is 17.8 Å². The molecule has 25 heavy (non-hydrogen) atoms. The van der Waals surface area contributed by atoms with Crippen molar-refractivity contribution < 1.29 is 4.79 Å². The third kappa shape index (κ3) is 4.89. The number of rotatable bonds is 4. The van der Waals surface area contributed by atoms with E-state index in [2.05, 4.69) is 40.5 Å². The smallest absolute Gasteiger partial charge is 0.257 e. The van der Waals surface area contributed by atoms with E-state index in [9.17, 15) is 4.79 Å². The molecule has 5 heteroatoms. The lowest BCUT2D eigenvalue weighted by molar-refractivity contribution is 0.102. The van der Waals surface area contributed by atoms with Crippen molar-refractivity contribution in [3.05, 3.63) is 46.0 Å². The van der Waals surface area contributed by atoms with E-state index < -0.39 is 0 Å². The zero-order valence-electron chi connectivity index (χ0n) is 15.5. The normalized spacial score (nSPS) is 21.3. The zero-order chi connectivity index (χ0) is 18.0. The number of aromatic nitrogens is 1. The van der Waals surface area contributed by atoms with Crippen molar-refractivity contribution >= 4 is 22.4 Å². The Morgan fingerprint density at radius 2 is 1.84 bits per heavy atom. The van der Waals surface area contributed by atoms with Crippen LogP contribution in [0.4, 0.5) is 5.13 Å². The van der Waals surface area contributed by atoms with Gasteiger partial charge in [0.1, 0.15) is 0 Å². The Morgan fingerprint density at radius 3 is 2.48 bits per heavy atom. The minimum Gasteiger partial charge on any atom is -0.298 e. The molecule has 0 spiro atoms. The molecule has 0 aliphatic carbocycles. The number of nitrogens with zero attached hydrogens (tertiary/aromatic N) is 2. The molecule has 1 N–H and O–H groups in total. The molecule has 1 amide bonds. The summed E-state index contributed by atoms with van der Waals surface area (Å²) in [6.45, 7) is 11.8. The molecule has 1 aliphatic heterocycles. The van der Waals surface area contributed by atoms with Crippen molar-refractivity contribution in [2.24, 2.45) is 11.8 Å². The standard InChI is InChI=1S/C20H27N3OS/c1-13-5-14(2)8-17(7-13)19(24)22-20-21-18(12-25-20)11-23-9-15(3)6-16(4)10-23/h5,7-8,12,15-16H,6,9-11H2,1-4H3,(H,21,22,24)/t15-,16-/m0/s1. The van der Waals surface area contributed by atoms with Crippen LogP contribution < -0.4 is 5.32 Å². The maximum Gasteiger partial charge on any atom is 0.257 e. The van der Waals surface area contributed by atoms with Gasteiger partial charge in [-0.2, -0.15) is 0 Å². The van der Waals surface area contributed by atoms with Crippen molar-refractivity contribution in [2.45, 2.75) is 40.7 Å². The number of benzene rings is 1. The van der Waals surface area contributed by atoms with Crippen LogP contribution in [0.1, 0.15) is 47.4 Å². The van der Waals surface area contributed by atoms with Gasteiger partial charge in [0.05, 0.1) is 5.69 Å². The first-order valence-corrected chi connectivity index (χ1v) is 9.83. The van der Waals surface area contributed by atoms with Gasteiger partial charge in [-0.05, 0) is 44.2 Å². The second-order valence-corrected chi connectivity index (χ2v) is 8.47. The predicted molar refractivity (Wildman–Crippen MR) is 104 cm³/mol. The predicted octanol–water partition coefficient (Wildman–Crippen LogP) is 4.49. The van der Waals surface area contributed by atoms with E-state index in [-0.39, 0.29) is 5.91 Å². The topological polar surface area (TPSA) is 45.2 Å². The van der Waals surface area contributed by atoms with Crippen molar-refractivity contribution in [1.82, 2.24) is 9.88 Å². The fraction of sp³-hybridized carbons (Fsp3) is 0.500. The Balaban J connectivity index is 1.62. The average Bonchev–Trinajstić information content (AvgIpc) is 2.92.